The summed E-state index contributed by atoms with van der Waals surface area (Å²) in [5, 5.41) is 23.3. The number of carbonyl (C=O) groups excluding carboxylic acids is 1. The Bertz CT molecular complexity index is 1180. The molecule has 0 bridgehead atoms. The molecule has 1 fully saturated rings. The third-order valence-electron chi connectivity index (χ3n) is 5.62. The van der Waals surface area contributed by atoms with Crippen LogP contribution in [-0.4, -0.2) is 53.0 Å². The Hall–Kier alpha value is -3.72. The number of carbonyl (C=O) groups is 1. The average Bonchev–Trinajstić information content (AvgIpc) is 3.45. The summed E-state index contributed by atoms with van der Waals surface area (Å²) in [4.78, 5) is 19.6. The molecule has 0 unspecified atom stereocenters. The van der Waals surface area contributed by atoms with Crippen LogP contribution >= 0.6 is 0 Å². The monoisotopic (exact) mass is 449 g/mol. The maximum Gasteiger partial charge on any atom is 0.304 e. The van der Waals surface area contributed by atoms with Gasteiger partial charge >= 0.3 is 5.91 Å². The zero-order valence-electron chi connectivity index (χ0n) is 18.8. The van der Waals surface area contributed by atoms with Crippen molar-refractivity contribution in [1.82, 2.24) is 9.47 Å². The minimum Gasteiger partial charge on any atom is -0.497 e. The molecule has 1 aliphatic rings. The van der Waals surface area contributed by atoms with Gasteiger partial charge in [0, 0.05) is 5.39 Å². The molecule has 0 radical (unpaired) electrons. The van der Waals surface area contributed by atoms with Crippen LogP contribution in [0.5, 0.6) is 11.6 Å². The molecule has 0 aliphatic carbocycles. The Morgan fingerprint density at radius 3 is 2.55 bits per heavy atom. The first-order chi connectivity index (χ1) is 16.1. The number of aromatic nitrogens is 1. The highest BCUT2D eigenvalue weighted by Gasteiger charge is 2.20. The van der Waals surface area contributed by atoms with E-state index in [4.69, 9.17) is 9.57 Å². The van der Waals surface area contributed by atoms with E-state index in [1.807, 2.05) is 48.5 Å². The van der Waals surface area contributed by atoms with E-state index in [1.54, 1.807) is 18.6 Å². The molecule has 33 heavy (non-hydrogen) atoms. The third kappa shape index (κ3) is 5.20. The molecule has 2 aromatic carbocycles. The molecule has 1 N–H and O–H groups in total. The van der Waals surface area contributed by atoms with E-state index < -0.39 is 5.91 Å². The maximum atomic E-state index is 12.2. The van der Waals surface area contributed by atoms with Gasteiger partial charge in [0.05, 0.1) is 25.0 Å². The number of hydrogen-bond donors (Lipinski definition) is 1. The van der Waals surface area contributed by atoms with Crippen LogP contribution in [0, 0.1) is 0 Å². The fourth-order valence-electron chi connectivity index (χ4n) is 3.84. The van der Waals surface area contributed by atoms with Crippen LogP contribution in [0.4, 0.5) is 5.69 Å². The highest BCUT2D eigenvalue weighted by molar-refractivity contribution is 5.98. The number of aromatic hydroxyl groups is 1. The summed E-state index contributed by atoms with van der Waals surface area (Å²) in [6.07, 6.45) is 2.31. The lowest BCUT2D eigenvalue weighted by Crippen LogP contribution is -2.22. The van der Waals surface area contributed by atoms with Gasteiger partial charge < -0.3 is 14.7 Å². The zero-order chi connectivity index (χ0) is 23.2. The number of benzene rings is 2. The molecule has 3 aromatic rings. The summed E-state index contributed by atoms with van der Waals surface area (Å²) in [7, 11) is 1.60. The van der Waals surface area contributed by atoms with Gasteiger partial charge in [-0.2, -0.15) is 0 Å². The van der Waals surface area contributed by atoms with Gasteiger partial charge in [-0.05, 0) is 68.8 Å². The van der Waals surface area contributed by atoms with Gasteiger partial charge in [0.1, 0.15) is 5.75 Å². The van der Waals surface area contributed by atoms with Crippen molar-refractivity contribution in [2.24, 2.45) is 15.4 Å². The molecule has 0 atom stereocenters. The average molecular weight is 450 g/mol. The van der Waals surface area contributed by atoms with E-state index >= 15 is 0 Å². The zero-order valence-corrected chi connectivity index (χ0v) is 18.8. The molecule has 0 spiro atoms. The fourth-order valence-corrected chi connectivity index (χ4v) is 3.84. The lowest BCUT2D eigenvalue weighted by molar-refractivity contribution is -0.122. The van der Waals surface area contributed by atoms with Crippen molar-refractivity contribution in [2.75, 3.05) is 26.8 Å². The third-order valence-corrected chi connectivity index (χ3v) is 5.62. The SMILES string of the molecule is COc1ccc(C(C)=NOCC(=O)N=Nc2c(O)n(CN3CCCC3)c3ccccc23)cc1. The molecule has 1 aromatic heterocycles. The topological polar surface area (TPSA) is 101 Å². The standard InChI is InChI=1S/C24H27N5O4/c1-17(18-9-11-19(32-2)12-10-18)27-33-15-22(30)25-26-23-20-7-3-4-8-21(20)29(24(23)31)16-28-13-5-6-14-28/h3-4,7-12,31H,5-6,13-16H2,1-2H3. The molecule has 1 amide bonds. The Labute approximate surface area is 191 Å². The Kier molecular flexibility index (Phi) is 6.99. The van der Waals surface area contributed by atoms with E-state index in [-0.39, 0.29) is 18.2 Å². The first-order valence-corrected chi connectivity index (χ1v) is 10.8. The van der Waals surface area contributed by atoms with Crippen molar-refractivity contribution >= 4 is 28.2 Å². The van der Waals surface area contributed by atoms with Crippen LogP contribution in [0.25, 0.3) is 10.9 Å². The summed E-state index contributed by atoms with van der Waals surface area (Å²) in [5.41, 5.74) is 2.58. The van der Waals surface area contributed by atoms with Crippen LogP contribution in [0.15, 0.2) is 63.9 Å². The molecule has 1 aliphatic heterocycles. The molecule has 9 nitrogen and oxygen atoms in total. The van der Waals surface area contributed by atoms with Gasteiger partial charge in [0.15, 0.2) is 12.3 Å². The predicted octanol–water partition coefficient (Wildman–Crippen LogP) is 4.46. The number of likely N-dealkylation sites (tertiary alicyclic amines) is 1. The number of azo groups is 1. The molecule has 2 heterocycles. The van der Waals surface area contributed by atoms with Crippen molar-refractivity contribution in [3.8, 4) is 11.6 Å². The van der Waals surface area contributed by atoms with Crippen LogP contribution in [0.1, 0.15) is 25.3 Å². The van der Waals surface area contributed by atoms with Gasteiger partial charge in [-0.1, -0.05) is 23.4 Å². The van der Waals surface area contributed by atoms with Crippen molar-refractivity contribution in [3.05, 3.63) is 54.1 Å². The summed E-state index contributed by atoms with van der Waals surface area (Å²) in [6.45, 7) is 3.98. The number of oxime groups is 1. The molecule has 4 rings (SSSR count). The smallest absolute Gasteiger partial charge is 0.304 e. The first kappa shape index (κ1) is 22.5. The number of fused-ring (bicyclic) bond motifs is 1. The number of methoxy groups -OCH3 is 1. The van der Waals surface area contributed by atoms with E-state index in [0.29, 0.717) is 12.4 Å². The first-order valence-electron chi connectivity index (χ1n) is 10.8. The predicted molar refractivity (Wildman–Crippen MR) is 125 cm³/mol. The maximum absolute atomic E-state index is 12.2. The second-order valence-corrected chi connectivity index (χ2v) is 7.86. The Balaban J connectivity index is 1.43. The van der Waals surface area contributed by atoms with Crippen LogP contribution in [-0.2, 0) is 16.3 Å². The van der Waals surface area contributed by atoms with Crippen molar-refractivity contribution in [2.45, 2.75) is 26.4 Å². The molecular formula is C24H27N5O4. The molecule has 1 saturated heterocycles. The summed E-state index contributed by atoms with van der Waals surface area (Å²) >= 11 is 0. The Morgan fingerprint density at radius 2 is 1.82 bits per heavy atom. The van der Waals surface area contributed by atoms with Gasteiger partial charge in [0.2, 0.25) is 5.88 Å². The van der Waals surface area contributed by atoms with E-state index in [1.165, 1.54) is 0 Å². The molecular weight excluding hydrogens is 422 g/mol. The lowest BCUT2D eigenvalue weighted by atomic mass is 10.1. The second kappa shape index (κ2) is 10.3. The van der Waals surface area contributed by atoms with E-state index in [2.05, 4.69) is 20.3 Å². The highest BCUT2D eigenvalue weighted by Crippen LogP contribution is 2.39. The lowest BCUT2D eigenvalue weighted by Gasteiger charge is -2.17. The number of amides is 1. The fraction of sp³-hybridized carbons (Fsp3) is 0.333. The number of rotatable bonds is 8. The summed E-state index contributed by atoms with van der Waals surface area (Å²) in [6, 6.07) is 14.9. The van der Waals surface area contributed by atoms with Crippen LogP contribution in [0.3, 0.4) is 0 Å². The van der Waals surface area contributed by atoms with Crippen LogP contribution < -0.4 is 4.74 Å². The summed E-state index contributed by atoms with van der Waals surface area (Å²) < 4.78 is 6.94. The van der Waals surface area contributed by atoms with Crippen molar-refractivity contribution in [1.29, 1.82) is 0 Å². The normalized spacial score (nSPS) is 14.9. The molecule has 0 saturated carbocycles. The molecule has 9 heteroatoms. The quantitative estimate of drug-likeness (QED) is 0.311. The second-order valence-electron chi connectivity index (χ2n) is 7.86. The highest BCUT2D eigenvalue weighted by atomic mass is 16.6. The number of ether oxygens (including phenoxy) is 1. The van der Waals surface area contributed by atoms with Gasteiger partial charge in [-0.15, -0.1) is 10.2 Å². The van der Waals surface area contributed by atoms with Crippen molar-refractivity contribution in [3.63, 3.8) is 0 Å². The summed E-state index contributed by atoms with van der Waals surface area (Å²) in [5.74, 6) is 0.138. The van der Waals surface area contributed by atoms with Crippen molar-refractivity contribution < 1.29 is 19.5 Å². The van der Waals surface area contributed by atoms with Gasteiger partial charge in [-0.3, -0.25) is 14.3 Å². The van der Waals surface area contributed by atoms with Gasteiger partial charge in [0.25, 0.3) is 0 Å². The number of hydrogen-bond acceptors (Lipinski definition) is 7. The van der Waals surface area contributed by atoms with E-state index in [0.717, 1.165) is 48.1 Å². The van der Waals surface area contributed by atoms with Gasteiger partial charge in [-0.25, -0.2) is 0 Å². The largest absolute Gasteiger partial charge is 0.497 e. The Morgan fingerprint density at radius 1 is 1.09 bits per heavy atom. The molecule has 172 valence electrons. The number of nitrogens with zero attached hydrogens (tertiary/aromatic N) is 5. The van der Waals surface area contributed by atoms with E-state index in [9.17, 15) is 9.90 Å². The number of para-hydroxylation sites is 1. The van der Waals surface area contributed by atoms with Crippen LogP contribution in [0.2, 0.25) is 0 Å². The minimum absolute atomic E-state index is 0.00561. The minimum atomic E-state index is -0.600.